The number of ether oxygens (including phenoxy) is 3. The minimum absolute atomic E-state index is 0.174. The number of methoxy groups -OCH3 is 2. The Kier molecular flexibility index (Phi) is 8.39. The van der Waals surface area contributed by atoms with E-state index in [0.717, 1.165) is 67.9 Å². The zero-order valence-corrected chi connectivity index (χ0v) is 26.7. The Labute approximate surface area is 259 Å². The second-order valence-corrected chi connectivity index (χ2v) is 13.7. The first-order chi connectivity index (χ1) is 20.6. The molecule has 1 amide bonds. The molecular weight excluding hydrogens is 566 g/mol. The highest BCUT2D eigenvalue weighted by molar-refractivity contribution is 6.32. The third kappa shape index (κ3) is 6.53. The molecule has 43 heavy (non-hydrogen) atoms. The number of carbonyl (C=O) groups is 1. The van der Waals surface area contributed by atoms with Crippen molar-refractivity contribution in [3.8, 4) is 22.8 Å². The molecule has 3 atom stereocenters. The highest BCUT2D eigenvalue weighted by Gasteiger charge is 2.42. The summed E-state index contributed by atoms with van der Waals surface area (Å²) in [5.41, 5.74) is 3.13. The summed E-state index contributed by atoms with van der Waals surface area (Å²) in [6, 6.07) is 9.57. The zero-order chi connectivity index (χ0) is 30.3. The molecule has 3 aromatic rings. The molecule has 9 nitrogen and oxygen atoms in total. The van der Waals surface area contributed by atoms with E-state index in [0.29, 0.717) is 40.6 Å². The average molecular weight is 610 g/mol. The fourth-order valence-corrected chi connectivity index (χ4v) is 7.35. The van der Waals surface area contributed by atoms with Gasteiger partial charge in [0.15, 0.2) is 0 Å². The number of anilines is 1. The lowest BCUT2D eigenvalue weighted by Crippen LogP contribution is -2.50. The fourth-order valence-electron chi connectivity index (χ4n) is 7.11. The van der Waals surface area contributed by atoms with Gasteiger partial charge in [-0.1, -0.05) is 11.6 Å². The van der Waals surface area contributed by atoms with Crippen molar-refractivity contribution in [1.29, 1.82) is 0 Å². The van der Waals surface area contributed by atoms with Crippen LogP contribution in [0.25, 0.3) is 16.9 Å². The van der Waals surface area contributed by atoms with E-state index in [1.165, 1.54) is 12.8 Å². The number of aromatic nitrogens is 2. The van der Waals surface area contributed by atoms with Gasteiger partial charge in [0.1, 0.15) is 22.7 Å². The van der Waals surface area contributed by atoms with Crippen molar-refractivity contribution in [2.24, 2.45) is 5.92 Å². The molecule has 3 aliphatic heterocycles. The summed E-state index contributed by atoms with van der Waals surface area (Å²) < 4.78 is 18.6. The van der Waals surface area contributed by atoms with Gasteiger partial charge in [0.2, 0.25) is 0 Å². The molecule has 6 rings (SSSR count). The fraction of sp³-hybridized carbons (Fsp3) is 0.576. The SMILES string of the molecule is COc1cc(OC)c(-c2cn3ccc(NC4C[C@H]5CC[C@@H](C4)N5CC4CCN(C(=O)OC(C)(C)C)CC4)cc3n2)cc1Cl. The van der Waals surface area contributed by atoms with Gasteiger partial charge in [-0.25, -0.2) is 9.78 Å². The number of hydrogen-bond donors (Lipinski definition) is 1. The van der Waals surface area contributed by atoms with E-state index in [9.17, 15) is 4.79 Å². The zero-order valence-electron chi connectivity index (χ0n) is 25.9. The number of benzene rings is 1. The molecule has 3 aliphatic rings. The van der Waals surface area contributed by atoms with Crippen molar-refractivity contribution in [3.63, 3.8) is 0 Å². The van der Waals surface area contributed by atoms with E-state index < -0.39 is 5.60 Å². The van der Waals surface area contributed by atoms with E-state index in [1.807, 2.05) is 42.3 Å². The highest BCUT2D eigenvalue weighted by Crippen LogP contribution is 2.40. The second kappa shape index (κ2) is 12.1. The van der Waals surface area contributed by atoms with Gasteiger partial charge < -0.3 is 28.8 Å². The van der Waals surface area contributed by atoms with Crippen LogP contribution in [-0.4, -0.2) is 82.9 Å². The maximum Gasteiger partial charge on any atom is 0.410 e. The molecule has 3 fully saturated rings. The summed E-state index contributed by atoms with van der Waals surface area (Å²) in [7, 11) is 3.23. The number of nitrogens with zero attached hydrogens (tertiary/aromatic N) is 4. The van der Waals surface area contributed by atoms with Crippen LogP contribution in [0.5, 0.6) is 11.5 Å². The largest absolute Gasteiger partial charge is 0.496 e. The molecule has 0 aliphatic carbocycles. The molecule has 0 spiro atoms. The maximum atomic E-state index is 12.5. The summed E-state index contributed by atoms with van der Waals surface area (Å²) in [5.74, 6) is 1.88. The first-order valence-electron chi connectivity index (χ1n) is 15.5. The normalized spacial score (nSPS) is 23.0. The number of carbonyl (C=O) groups excluding carboxylic acids is 1. The van der Waals surface area contributed by atoms with Crippen LogP contribution in [0.2, 0.25) is 5.02 Å². The van der Waals surface area contributed by atoms with Crippen LogP contribution in [0, 0.1) is 5.92 Å². The standard InChI is InChI=1S/C33H44ClN5O4/c1-33(2,3)43-32(40)37-11-8-21(9-12-37)19-39-24-6-7-25(39)15-23(14-24)35-22-10-13-38-20-28(36-31(38)16-22)26-17-27(34)30(42-5)18-29(26)41-4/h10,13,16-18,20-21,23-25,35H,6-9,11-12,14-15,19H2,1-5H3/t23?,24-,25+. The lowest BCUT2D eigenvalue weighted by molar-refractivity contribution is 0.0148. The van der Waals surface area contributed by atoms with Crippen molar-refractivity contribution >= 4 is 29.0 Å². The maximum absolute atomic E-state index is 12.5. The van der Waals surface area contributed by atoms with E-state index in [2.05, 4.69) is 28.5 Å². The van der Waals surface area contributed by atoms with Gasteiger partial charge in [-0.3, -0.25) is 4.90 Å². The van der Waals surface area contributed by atoms with Gasteiger partial charge in [0.05, 0.1) is 24.9 Å². The van der Waals surface area contributed by atoms with Gasteiger partial charge in [-0.2, -0.15) is 0 Å². The molecule has 10 heteroatoms. The molecule has 0 saturated carbocycles. The summed E-state index contributed by atoms with van der Waals surface area (Å²) in [6.45, 7) is 8.51. The molecule has 0 radical (unpaired) electrons. The monoisotopic (exact) mass is 609 g/mol. The van der Waals surface area contributed by atoms with Gasteiger partial charge in [-0.05, 0) is 77.3 Å². The Morgan fingerprint density at radius 1 is 1.02 bits per heavy atom. The highest BCUT2D eigenvalue weighted by atomic mass is 35.5. The van der Waals surface area contributed by atoms with Crippen LogP contribution in [-0.2, 0) is 4.74 Å². The van der Waals surface area contributed by atoms with Crippen molar-refractivity contribution in [1.82, 2.24) is 19.2 Å². The van der Waals surface area contributed by atoms with Gasteiger partial charge in [0, 0.05) is 73.5 Å². The third-order valence-corrected chi connectivity index (χ3v) is 9.50. The second-order valence-electron chi connectivity index (χ2n) is 13.3. The minimum atomic E-state index is -0.446. The van der Waals surface area contributed by atoms with Crippen LogP contribution in [0.1, 0.15) is 59.3 Å². The Morgan fingerprint density at radius 2 is 1.72 bits per heavy atom. The Bertz CT molecular complexity index is 1450. The van der Waals surface area contributed by atoms with Crippen molar-refractivity contribution in [2.75, 3.05) is 39.2 Å². The smallest absolute Gasteiger partial charge is 0.410 e. The number of amides is 1. The molecule has 3 saturated heterocycles. The number of fused-ring (bicyclic) bond motifs is 3. The van der Waals surface area contributed by atoms with Crippen LogP contribution < -0.4 is 14.8 Å². The number of pyridine rings is 1. The summed E-state index contributed by atoms with van der Waals surface area (Å²) >= 11 is 6.42. The number of hydrogen-bond acceptors (Lipinski definition) is 7. The van der Waals surface area contributed by atoms with Crippen molar-refractivity contribution in [2.45, 2.75) is 83.0 Å². The van der Waals surface area contributed by atoms with Crippen LogP contribution in [0.15, 0.2) is 36.7 Å². The molecule has 1 unspecified atom stereocenters. The average Bonchev–Trinajstić information content (AvgIpc) is 3.48. The van der Waals surface area contributed by atoms with Crippen molar-refractivity contribution < 1.29 is 19.0 Å². The van der Waals surface area contributed by atoms with Crippen LogP contribution in [0.4, 0.5) is 10.5 Å². The van der Waals surface area contributed by atoms with Crippen molar-refractivity contribution in [3.05, 3.63) is 41.7 Å². The predicted molar refractivity (Wildman–Crippen MR) is 169 cm³/mol. The Hall–Kier alpha value is -3.17. The minimum Gasteiger partial charge on any atom is -0.496 e. The van der Waals surface area contributed by atoms with E-state index in [1.54, 1.807) is 20.3 Å². The number of nitrogens with one attached hydrogen (secondary N) is 1. The number of likely N-dealkylation sites (tertiary alicyclic amines) is 1. The Balaban J connectivity index is 1.06. The Morgan fingerprint density at radius 3 is 2.37 bits per heavy atom. The molecule has 2 aromatic heterocycles. The summed E-state index contributed by atoms with van der Waals surface area (Å²) in [4.78, 5) is 22.0. The summed E-state index contributed by atoms with van der Waals surface area (Å²) in [5, 5.41) is 4.35. The molecule has 2 bridgehead atoms. The first-order valence-corrected chi connectivity index (χ1v) is 15.9. The molecular formula is C33H44ClN5O4. The van der Waals surface area contributed by atoms with Gasteiger partial charge in [-0.15, -0.1) is 0 Å². The van der Waals surface area contributed by atoms with Crippen LogP contribution >= 0.6 is 11.6 Å². The van der Waals surface area contributed by atoms with E-state index in [4.69, 9.17) is 30.8 Å². The molecule has 1 N–H and O–H groups in total. The molecule has 5 heterocycles. The third-order valence-electron chi connectivity index (χ3n) is 9.20. The first kappa shape index (κ1) is 29.9. The predicted octanol–water partition coefficient (Wildman–Crippen LogP) is 6.73. The number of halogens is 1. The lowest BCUT2D eigenvalue weighted by Gasteiger charge is -2.42. The number of piperidine rings is 2. The van der Waals surface area contributed by atoms with E-state index in [-0.39, 0.29) is 6.09 Å². The van der Waals surface area contributed by atoms with Gasteiger partial charge in [0.25, 0.3) is 0 Å². The molecule has 232 valence electrons. The number of rotatable bonds is 7. The molecule has 1 aromatic carbocycles. The van der Waals surface area contributed by atoms with Gasteiger partial charge >= 0.3 is 6.09 Å². The lowest BCUT2D eigenvalue weighted by atomic mass is 9.92. The van der Waals surface area contributed by atoms with E-state index >= 15 is 0 Å². The van der Waals surface area contributed by atoms with Crippen LogP contribution in [0.3, 0.4) is 0 Å². The summed E-state index contributed by atoms with van der Waals surface area (Å²) in [6.07, 6.45) is 10.8. The quantitative estimate of drug-likeness (QED) is 0.318. The number of imidazole rings is 1. The topological polar surface area (TPSA) is 80.6 Å².